The number of nitrogens with one attached hydrogen (secondary N) is 3. The Labute approximate surface area is 233 Å². The quantitative estimate of drug-likeness (QED) is 0.170. The lowest BCUT2D eigenvalue weighted by Crippen LogP contribution is -2.14. The molecule has 0 aliphatic heterocycles. The third kappa shape index (κ3) is 9.05. The number of rotatable bonds is 15. The molecule has 0 unspecified atom stereocenters. The van der Waals surface area contributed by atoms with Gasteiger partial charge in [0.05, 0.1) is 28.5 Å². The summed E-state index contributed by atoms with van der Waals surface area (Å²) in [4.78, 5) is 23.5. The molecule has 0 aliphatic rings. The zero-order valence-corrected chi connectivity index (χ0v) is 23.8. The van der Waals surface area contributed by atoms with Crippen molar-refractivity contribution in [1.29, 1.82) is 0 Å². The van der Waals surface area contributed by atoms with E-state index in [2.05, 4.69) is 32.2 Å². The first-order valence-electron chi connectivity index (χ1n) is 12.3. The standard InChI is InChI=1S/C27H35ClN6O3S/c1-5-36-12-13-37-25-17-23-20(16-24(25)33-26(35)7-6-11-34(2)3)27(31-18-30-23)32-19-8-9-22(21(28)15-19)29-10-14-38-4/h6-9,15-18,29H,5,10-14H2,1-4H3,(H,33,35)(H,30,31,32)/b7-6+. The first kappa shape index (κ1) is 29.5. The summed E-state index contributed by atoms with van der Waals surface area (Å²) in [6.45, 7) is 4.78. The second-order valence-corrected chi connectivity index (χ2v) is 9.92. The molecule has 3 aromatic rings. The normalized spacial score (nSPS) is 11.3. The highest BCUT2D eigenvalue weighted by molar-refractivity contribution is 7.98. The van der Waals surface area contributed by atoms with E-state index in [0.717, 1.165) is 29.1 Å². The lowest BCUT2D eigenvalue weighted by atomic mass is 10.1. The number of ether oxygens (including phenoxy) is 2. The van der Waals surface area contributed by atoms with Crippen molar-refractivity contribution in [1.82, 2.24) is 14.9 Å². The molecule has 0 saturated carbocycles. The molecule has 9 nitrogen and oxygen atoms in total. The van der Waals surface area contributed by atoms with Crippen molar-refractivity contribution in [3.05, 3.63) is 53.8 Å². The molecule has 204 valence electrons. The van der Waals surface area contributed by atoms with Gasteiger partial charge in [0.1, 0.15) is 24.5 Å². The van der Waals surface area contributed by atoms with Crippen LogP contribution in [0, 0.1) is 0 Å². The van der Waals surface area contributed by atoms with Crippen LogP contribution in [-0.4, -0.2) is 79.8 Å². The van der Waals surface area contributed by atoms with E-state index in [9.17, 15) is 4.79 Å². The topological polar surface area (TPSA) is 101 Å². The van der Waals surface area contributed by atoms with E-state index in [1.54, 1.807) is 23.9 Å². The fourth-order valence-electron chi connectivity index (χ4n) is 3.46. The van der Waals surface area contributed by atoms with Crippen molar-refractivity contribution in [3.8, 4) is 5.75 Å². The second kappa shape index (κ2) is 15.4. The molecule has 0 spiro atoms. The van der Waals surface area contributed by atoms with Crippen LogP contribution < -0.4 is 20.7 Å². The Bertz CT molecular complexity index is 1240. The minimum Gasteiger partial charge on any atom is -0.489 e. The molecule has 0 fully saturated rings. The lowest BCUT2D eigenvalue weighted by Gasteiger charge is -2.15. The van der Waals surface area contributed by atoms with E-state index in [1.807, 2.05) is 50.2 Å². The van der Waals surface area contributed by atoms with E-state index in [0.29, 0.717) is 54.2 Å². The van der Waals surface area contributed by atoms with Gasteiger partial charge in [-0.05, 0) is 51.5 Å². The molecular weight excluding hydrogens is 524 g/mol. The zero-order valence-electron chi connectivity index (χ0n) is 22.2. The van der Waals surface area contributed by atoms with Crippen LogP contribution in [0.3, 0.4) is 0 Å². The number of fused-ring (bicyclic) bond motifs is 1. The summed E-state index contributed by atoms with van der Waals surface area (Å²) in [5, 5.41) is 10.9. The summed E-state index contributed by atoms with van der Waals surface area (Å²) in [6.07, 6.45) is 6.85. The molecule has 2 aromatic carbocycles. The minimum absolute atomic E-state index is 0.261. The molecule has 3 rings (SSSR count). The van der Waals surface area contributed by atoms with Crippen molar-refractivity contribution in [3.63, 3.8) is 0 Å². The average molecular weight is 559 g/mol. The second-order valence-electron chi connectivity index (χ2n) is 8.53. The number of thioether (sulfide) groups is 1. The SMILES string of the molecule is CCOCCOc1cc2ncnc(Nc3ccc(NCCSC)c(Cl)c3)c2cc1NC(=O)/C=C/CN(C)C. The first-order chi connectivity index (χ1) is 18.4. The van der Waals surface area contributed by atoms with Gasteiger partial charge in [0.25, 0.3) is 0 Å². The van der Waals surface area contributed by atoms with E-state index in [4.69, 9.17) is 21.1 Å². The van der Waals surface area contributed by atoms with Gasteiger partial charge >= 0.3 is 0 Å². The molecule has 0 bridgehead atoms. The molecule has 3 N–H and O–H groups in total. The number of hydrogen-bond acceptors (Lipinski definition) is 9. The van der Waals surface area contributed by atoms with Crippen molar-refractivity contribution in [2.24, 2.45) is 0 Å². The third-order valence-corrected chi connectivity index (χ3v) is 6.20. The molecular formula is C27H35ClN6O3S. The fraction of sp³-hybridized carbons (Fsp3) is 0.370. The Morgan fingerprint density at radius 1 is 1.16 bits per heavy atom. The predicted octanol–water partition coefficient (Wildman–Crippen LogP) is 5.27. The number of likely N-dealkylation sites (N-methyl/N-ethyl adjacent to an activating group) is 1. The van der Waals surface area contributed by atoms with E-state index < -0.39 is 0 Å². The molecule has 0 saturated heterocycles. The fourth-order valence-corrected chi connectivity index (χ4v) is 4.01. The van der Waals surface area contributed by atoms with Crippen molar-refractivity contribution < 1.29 is 14.3 Å². The van der Waals surface area contributed by atoms with Crippen LogP contribution >= 0.6 is 23.4 Å². The van der Waals surface area contributed by atoms with Crippen molar-refractivity contribution >= 4 is 63.1 Å². The van der Waals surface area contributed by atoms with Gasteiger partial charge in [-0.1, -0.05) is 17.7 Å². The van der Waals surface area contributed by atoms with E-state index in [1.165, 1.54) is 12.4 Å². The van der Waals surface area contributed by atoms with Crippen LogP contribution in [-0.2, 0) is 9.53 Å². The van der Waals surface area contributed by atoms with Gasteiger partial charge < -0.3 is 30.3 Å². The summed E-state index contributed by atoms with van der Waals surface area (Å²) in [7, 11) is 3.88. The number of carbonyl (C=O) groups excluding carboxylic acids is 1. The maximum Gasteiger partial charge on any atom is 0.248 e. The highest BCUT2D eigenvalue weighted by atomic mass is 35.5. The van der Waals surface area contributed by atoms with Crippen LogP contribution in [0.2, 0.25) is 5.02 Å². The first-order valence-corrected chi connectivity index (χ1v) is 14.1. The maximum absolute atomic E-state index is 12.6. The Kier molecular flexibility index (Phi) is 11.9. The van der Waals surface area contributed by atoms with Gasteiger partial charge in [-0.3, -0.25) is 4.79 Å². The van der Waals surface area contributed by atoms with Crippen molar-refractivity contribution in [2.75, 3.05) is 75.0 Å². The largest absolute Gasteiger partial charge is 0.489 e. The van der Waals surface area contributed by atoms with Crippen molar-refractivity contribution in [2.45, 2.75) is 6.92 Å². The molecule has 38 heavy (non-hydrogen) atoms. The molecule has 1 heterocycles. The van der Waals surface area contributed by atoms with Gasteiger partial charge in [0.15, 0.2) is 0 Å². The number of aromatic nitrogens is 2. The number of halogens is 1. The van der Waals surface area contributed by atoms with Crippen LogP contribution in [0.25, 0.3) is 10.9 Å². The number of amides is 1. The molecule has 0 radical (unpaired) electrons. The highest BCUT2D eigenvalue weighted by Gasteiger charge is 2.14. The molecule has 0 atom stereocenters. The average Bonchev–Trinajstić information content (AvgIpc) is 2.88. The summed E-state index contributed by atoms with van der Waals surface area (Å²) in [5.41, 5.74) is 2.83. The van der Waals surface area contributed by atoms with Crippen LogP contribution in [0.4, 0.5) is 22.9 Å². The Morgan fingerprint density at radius 3 is 2.74 bits per heavy atom. The smallest absolute Gasteiger partial charge is 0.248 e. The lowest BCUT2D eigenvalue weighted by molar-refractivity contribution is -0.111. The van der Waals surface area contributed by atoms with Gasteiger partial charge in [-0.15, -0.1) is 0 Å². The van der Waals surface area contributed by atoms with E-state index in [-0.39, 0.29) is 5.91 Å². The number of carbonyl (C=O) groups is 1. The zero-order chi connectivity index (χ0) is 27.3. The Balaban J connectivity index is 1.88. The Hall–Kier alpha value is -3.05. The minimum atomic E-state index is -0.261. The van der Waals surface area contributed by atoms with Gasteiger partial charge in [-0.25, -0.2) is 9.97 Å². The Morgan fingerprint density at radius 2 is 2.00 bits per heavy atom. The number of nitrogens with zero attached hydrogens (tertiary/aromatic N) is 3. The van der Waals surface area contributed by atoms with Gasteiger partial charge in [0.2, 0.25) is 5.91 Å². The molecule has 1 amide bonds. The van der Waals surface area contributed by atoms with E-state index >= 15 is 0 Å². The highest BCUT2D eigenvalue weighted by Crippen LogP contribution is 2.34. The summed E-state index contributed by atoms with van der Waals surface area (Å²) in [6, 6.07) is 9.32. The number of anilines is 4. The van der Waals surface area contributed by atoms with Crippen LogP contribution in [0.15, 0.2) is 48.8 Å². The van der Waals surface area contributed by atoms with Crippen LogP contribution in [0.5, 0.6) is 5.75 Å². The predicted molar refractivity (Wildman–Crippen MR) is 159 cm³/mol. The monoisotopic (exact) mass is 558 g/mol. The molecule has 0 aliphatic carbocycles. The maximum atomic E-state index is 12.6. The summed E-state index contributed by atoms with van der Waals surface area (Å²) < 4.78 is 11.3. The van der Waals surface area contributed by atoms with Crippen LogP contribution in [0.1, 0.15) is 6.92 Å². The van der Waals surface area contributed by atoms with Gasteiger partial charge in [0, 0.05) is 48.7 Å². The summed E-state index contributed by atoms with van der Waals surface area (Å²) >= 11 is 8.27. The third-order valence-electron chi connectivity index (χ3n) is 5.28. The number of hydrogen-bond donors (Lipinski definition) is 3. The molecule has 1 aromatic heterocycles. The molecule has 11 heteroatoms. The van der Waals surface area contributed by atoms with Gasteiger partial charge in [-0.2, -0.15) is 11.8 Å². The summed E-state index contributed by atoms with van der Waals surface area (Å²) in [5.74, 6) is 1.81. The number of benzene rings is 2.